The number of benzene rings is 2. The third-order valence-electron chi connectivity index (χ3n) is 6.27. The van der Waals surface area contributed by atoms with Crippen LogP contribution in [0.1, 0.15) is 50.3 Å². The Kier molecular flexibility index (Phi) is 4.89. The molecule has 1 fully saturated rings. The van der Waals surface area contributed by atoms with Crippen LogP contribution in [0.2, 0.25) is 0 Å². The number of aryl methyl sites for hydroxylation is 1. The predicted octanol–water partition coefficient (Wildman–Crippen LogP) is 4.81. The number of amides is 1. The number of hydrogen-bond acceptors (Lipinski definition) is 3. The average molecular weight is 391 g/mol. The molecule has 0 saturated carbocycles. The number of nitrogens with one attached hydrogen (secondary N) is 1. The number of para-hydroxylation sites is 1. The lowest BCUT2D eigenvalue weighted by atomic mass is 9.74. The van der Waals surface area contributed by atoms with Crippen molar-refractivity contribution in [2.45, 2.75) is 51.6 Å². The van der Waals surface area contributed by atoms with Gasteiger partial charge in [-0.15, -0.1) is 0 Å². The average Bonchev–Trinajstić information content (AvgIpc) is 2.89. The minimum absolute atomic E-state index is 0.0963. The van der Waals surface area contributed by atoms with E-state index < -0.39 is 5.66 Å². The molecule has 1 atom stereocenters. The van der Waals surface area contributed by atoms with Gasteiger partial charge in [0.05, 0.1) is 6.61 Å². The van der Waals surface area contributed by atoms with Crippen molar-refractivity contribution >= 4 is 17.7 Å². The molecule has 152 valence electrons. The molecule has 2 heterocycles. The molecule has 1 saturated heterocycles. The normalized spacial score (nSPS) is 22.3. The molecule has 0 radical (unpaired) electrons. The van der Waals surface area contributed by atoms with Crippen molar-refractivity contribution in [2.24, 2.45) is 0 Å². The lowest BCUT2D eigenvalue weighted by Gasteiger charge is -2.49. The standard InChI is InChI=1S/C25H30N2O2/c1-5-16-29-22-9-7-6-8-19(22)12-14-25-24(3,4)20-17-18(2)10-11-21(20)27(25)15-13-23(28)26-25/h6-12,14,17H,5,13,15-16H2,1-4H3,(H,26,28)/t25-/m0/s1. The molecule has 4 nitrogen and oxygen atoms in total. The van der Waals surface area contributed by atoms with E-state index in [1.54, 1.807) is 0 Å². The van der Waals surface area contributed by atoms with Crippen molar-refractivity contribution in [1.29, 1.82) is 0 Å². The Bertz CT molecular complexity index is 963. The van der Waals surface area contributed by atoms with Crippen LogP contribution in [0.5, 0.6) is 5.75 Å². The van der Waals surface area contributed by atoms with E-state index in [-0.39, 0.29) is 11.3 Å². The van der Waals surface area contributed by atoms with E-state index in [1.165, 1.54) is 16.8 Å². The molecule has 29 heavy (non-hydrogen) atoms. The molecular formula is C25H30N2O2. The molecular weight excluding hydrogens is 360 g/mol. The molecule has 2 aliphatic rings. The molecule has 4 heteroatoms. The summed E-state index contributed by atoms with van der Waals surface area (Å²) in [6.45, 7) is 10.1. The fraction of sp³-hybridized carbons (Fsp3) is 0.400. The first-order valence-corrected chi connectivity index (χ1v) is 10.5. The van der Waals surface area contributed by atoms with Gasteiger partial charge in [-0.05, 0) is 37.1 Å². The zero-order valence-electron chi connectivity index (χ0n) is 17.8. The molecule has 2 aliphatic heterocycles. The summed E-state index contributed by atoms with van der Waals surface area (Å²) in [4.78, 5) is 14.9. The number of hydrogen-bond donors (Lipinski definition) is 1. The van der Waals surface area contributed by atoms with E-state index in [4.69, 9.17) is 4.74 Å². The summed E-state index contributed by atoms with van der Waals surface area (Å²) in [7, 11) is 0. The summed E-state index contributed by atoms with van der Waals surface area (Å²) >= 11 is 0. The fourth-order valence-electron chi connectivity index (χ4n) is 4.64. The molecule has 2 aromatic rings. The number of carbonyl (C=O) groups is 1. The highest BCUT2D eigenvalue weighted by atomic mass is 16.5. The molecule has 0 unspecified atom stereocenters. The summed E-state index contributed by atoms with van der Waals surface area (Å²) < 4.78 is 5.93. The summed E-state index contributed by atoms with van der Waals surface area (Å²) in [5.74, 6) is 0.971. The third-order valence-corrected chi connectivity index (χ3v) is 6.27. The lowest BCUT2D eigenvalue weighted by Crippen LogP contribution is -2.68. The van der Waals surface area contributed by atoms with Gasteiger partial charge in [-0.2, -0.15) is 0 Å². The first-order chi connectivity index (χ1) is 13.9. The zero-order chi connectivity index (χ0) is 20.6. The summed E-state index contributed by atoms with van der Waals surface area (Å²) in [6, 6.07) is 14.7. The largest absolute Gasteiger partial charge is 0.493 e. The Balaban J connectivity index is 1.80. The van der Waals surface area contributed by atoms with Gasteiger partial charge in [0, 0.05) is 29.6 Å². The second kappa shape index (κ2) is 7.25. The maximum atomic E-state index is 12.5. The molecule has 0 aliphatic carbocycles. The monoisotopic (exact) mass is 390 g/mol. The predicted molar refractivity (Wildman–Crippen MR) is 118 cm³/mol. The van der Waals surface area contributed by atoms with E-state index in [1.807, 2.05) is 18.2 Å². The lowest BCUT2D eigenvalue weighted by molar-refractivity contribution is -0.124. The Morgan fingerprint density at radius 3 is 2.79 bits per heavy atom. The number of carbonyl (C=O) groups excluding carboxylic acids is 1. The van der Waals surface area contributed by atoms with Gasteiger partial charge in [-0.1, -0.05) is 62.7 Å². The second-order valence-corrected chi connectivity index (χ2v) is 8.58. The molecule has 0 bridgehead atoms. The Morgan fingerprint density at radius 1 is 1.21 bits per heavy atom. The van der Waals surface area contributed by atoms with Crippen LogP contribution in [0.15, 0.2) is 48.5 Å². The van der Waals surface area contributed by atoms with Crippen LogP contribution in [-0.4, -0.2) is 24.7 Å². The highest BCUT2D eigenvalue weighted by molar-refractivity contribution is 5.85. The van der Waals surface area contributed by atoms with Gasteiger partial charge in [0.2, 0.25) is 5.91 Å². The van der Waals surface area contributed by atoms with Crippen molar-refractivity contribution in [3.8, 4) is 5.75 Å². The highest BCUT2D eigenvalue weighted by Gasteiger charge is 2.57. The maximum absolute atomic E-state index is 12.5. The van der Waals surface area contributed by atoms with Crippen LogP contribution in [0.25, 0.3) is 6.08 Å². The third kappa shape index (κ3) is 3.11. The molecule has 1 amide bonds. The number of anilines is 1. The smallest absolute Gasteiger partial charge is 0.223 e. The van der Waals surface area contributed by atoms with Crippen LogP contribution < -0.4 is 15.0 Å². The zero-order valence-corrected chi connectivity index (χ0v) is 17.8. The Hall–Kier alpha value is -2.75. The topological polar surface area (TPSA) is 41.6 Å². The molecule has 0 spiro atoms. The van der Waals surface area contributed by atoms with Gasteiger partial charge in [0.1, 0.15) is 11.4 Å². The summed E-state index contributed by atoms with van der Waals surface area (Å²) in [5, 5.41) is 3.34. The van der Waals surface area contributed by atoms with Gasteiger partial charge in [-0.3, -0.25) is 4.79 Å². The Morgan fingerprint density at radius 2 is 2.00 bits per heavy atom. The van der Waals surface area contributed by atoms with Crippen molar-refractivity contribution in [1.82, 2.24) is 5.32 Å². The van der Waals surface area contributed by atoms with Crippen LogP contribution >= 0.6 is 0 Å². The van der Waals surface area contributed by atoms with Gasteiger partial charge >= 0.3 is 0 Å². The summed E-state index contributed by atoms with van der Waals surface area (Å²) in [6.07, 6.45) is 5.74. The van der Waals surface area contributed by atoms with E-state index in [9.17, 15) is 4.79 Å². The van der Waals surface area contributed by atoms with Crippen molar-refractivity contribution in [3.05, 3.63) is 65.2 Å². The molecule has 4 rings (SSSR count). The first kappa shape index (κ1) is 19.6. The van der Waals surface area contributed by atoms with Crippen LogP contribution in [0, 0.1) is 6.92 Å². The van der Waals surface area contributed by atoms with Gasteiger partial charge in [0.15, 0.2) is 0 Å². The molecule has 1 N–H and O–H groups in total. The van der Waals surface area contributed by atoms with Crippen LogP contribution in [0.3, 0.4) is 0 Å². The van der Waals surface area contributed by atoms with Gasteiger partial charge in [0.25, 0.3) is 0 Å². The van der Waals surface area contributed by atoms with Crippen molar-refractivity contribution < 1.29 is 9.53 Å². The van der Waals surface area contributed by atoms with Crippen LogP contribution in [0.4, 0.5) is 5.69 Å². The quantitative estimate of drug-likeness (QED) is 0.796. The van der Waals surface area contributed by atoms with Gasteiger partial charge in [-0.25, -0.2) is 0 Å². The number of nitrogens with zero attached hydrogens (tertiary/aromatic N) is 1. The molecule has 2 aromatic carbocycles. The SMILES string of the molecule is CCCOc1ccccc1C=C[C@]12NC(=O)CCN1c1ccc(C)cc1C2(C)C. The van der Waals surface area contributed by atoms with Crippen LogP contribution in [-0.2, 0) is 10.2 Å². The maximum Gasteiger partial charge on any atom is 0.223 e. The minimum atomic E-state index is -0.601. The summed E-state index contributed by atoms with van der Waals surface area (Å²) in [5.41, 5.74) is 3.87. The van der Waals surface area contributed by atoms with E-state index in [0.717, 1.165) is 17.7 Å². The van der Waals surface area contributed by atoms with E-state index in [2.05, 4.69) is 74.3 Å². The fourth-order valence-corrected chi connectivity index (χ4v) is 4.64. The second-order valence-electron chi connectivity index (χ2n) is 8.58. The number of ether oxygens (including phenoxy) is 1. The number of fused-ring (bicyclic) bond motifs is 3. The highest BCUT2D eigenvalue weighted by Crippen LogP contribution is 2.52. The van der Waals surface area contributed by atoms with E-state index in [0.29, 0.717) is 19.6 Å². The first-order valence-electron chi connectivity index (χ1n) is 10.5. The van der Waals surface area contributed by atoms with Gasteiger partial charge < -0.3 is 15.0 Å². The molecule has 0 aromatic heterocycles. The Labute approximate surface area is 173 Å². The van der Waals surface area contributed by atoms with Crippen molar-refractivity contribution in [2.75, 3.05) is 18.1 Å². The number of rotatable bonds is 5. The van der Waals surface area contributed by atoms with Crippen molar-refractivity contribution in [3.63, 3.8) is 0 Å². The van der Waals surface area contributed by atoms with E-state index >= 15 is 0 Å². The minimum Gasteiger partial charge on any atom is -0.493 e.